The van der Waals surface area contributed by atoms with E-state index in [4.69, 9.17) is 11.6 Å². The molecule has 3 heterocycles. The summed E-state index contributed by atoms with van der Waals surface area (Å²) < 4.78 is 0. The zero-order valence-corrected chi connectivity index (χ0v) is 17.8. The van der Waals surface area contributed by atoms with Gasteiger partial charge in [0.25, 0.3) is 5.91 Å². The van der Waals surface area contributed by atoms with Gasteiger partial charge in [-0.15, -0.1) is 0 Å². The highest BCUT2D eigenvalue weighted by atomic mass is 35.5. The number of benzene rings is 1. The van der Waals surface area contributed by atoms with Crippen LogP contribution in [-0.2, 0) is 19.9 Å². The summed E-state index contributed by atoms with van der Waals surface area (Å²) in [7, 11) is 0. The van der Waals surface area contributed by atoms with E-state index in [1.807, 2.05) is 31.5 Å². The molecule has 3 aliphatic rings. The number of nitrogens with one attached hydrogen (secondary N) is 1. The first kappa shape index (κ1) is 19.7. The average molecular weight is 423 g/mol. The summed E-state index contributed by atoms with van der Waals surface area (Å²) in [4.78, 5) is 41.5. The summed E-state index contributed by atoms with van der Waals surface area (Å²) in [6, 6.07) is 5.10. The first-order valence-electron chi connectivity index (χ1n) is 9.70. The summed E-state index contributed by atoms with van der Waals surface area (Å²) >= 11 is 8.04. The molecule has 0 saturated carbocycles. The van der Waals surface area contributed by atoms with E-state index < -0.39 is 17.4 Å². The van der Waals surface area contributed by atoms with E-state index in [0.717, 1.165) is 17.7 Å². The molecule has 1 aromatic rings. The predicted octanol–water partition coefficient (Wildman–Crippen LogP) is 1.59. The van der Waals surface area contributed by atoms with Gasteiger partial charge >= 0.3 is 0 Å². The van der Waals surface area contributed by atoms with Crippen LogP contribution in [0.1, 0.15) is 32.3 Å². The van der Waals surface area contributed by atoms with Gasteiger partial charge in [-0.25, -0.2) is 0 Å². The molecule has 3 aliphatic heterocycles. The molecule has 2 fully saturated rings. The highest BCUT2D eigenvalue weighted by Crippen LogP contribution is 2.51. The number of hydrogen-bond acceptors (Lipinski definition) is 4. The number of fused-ring (bicyclic) bond motifs is 4. The SMILES string of the molecule is CC[C@H](C)N1C(=O)[C@H]2[C@@H](C1=O)[C@@]1([NH2+][C@@H]2CCSC)C(=O)Nc2c(Cl)cccc21. The van der Waals surface area contributed by atoms with Gasteiger partial charge in [-0.2, -0.15) is 11.8 Å². The number of thioether (sulfide) groups is 1. The van der Waals surface area contributed by atoms with E-state index in [-0.39, 0.29) is 29.8 Å². The summed E-state index contributed by atoms with van der Waals surface area (Å²) in [6.07, 6.45) is 3.48. The Morgan fingerprint density at radius 2 is 2.07 bits per heavy atom. The fourth-order valence-electron chi connectivity index (χ4n) is 5.11. The van der Waals surface area contributed by atoms with Crippen LogP contribution in [0.2, 0.25) is 5.02 Å². The van der Waals surface area contributed by atoms with Crippen LogP contribution in [0.25, 0.3) is 0 Å². The Morgan fingerprint density at radius 1 is 1.32 bits per heavy atom. The number of carbonyl (C=O) groups is 3. The molecule has 8 heteroatoms. The third kappa shape index (κ3) is 2.49. The first-order chi connectivity index (χ1) is 13.4. The van der Waals surface area contributed by atoms with Gasteiger partial charge in [-0.05, 0) is 37.5 Å². The second-order valence-corrected chi connectivity index (χ2v) is 9.30. The average Bonchev–Trinajstić information content (AvgIpc) is 3.26. The van der Waals surface area contributed by atoms with Gasteiger partial charge in [0.1, 0.15) is 17.9 Å². The van der Waals surface area contributed by atoms with Crippen molar-refractivity contribution in [1.29, 1.82) is 0 Å². The fourth-order valence-corrected chi connectivity index (χ4v) is 5.84. The molecule has 6 nitrogen and oxygen atoms in total. The minimum Gasteiger partial charge on any atom is -0.326 e. The number of amides is 3. The largest absolute Gasteiger partial charge is 0.326 e. The standard InChI is InChI=1S/C20H24ClN3O3S/c1-4-10(2)24-17(25)14-13(8-9-28-3)23-20(15(14)18(24)26)11-6-5-7-12(21)16(11)22-19(20)27/h5-7,10,13-15,23H,4,8-9H2,1-3H3,(H,22,27)/p+1/t10-,13+,14+,15-,20+/m0/s1. The molecular weight excluding hydrogens is 398 g/mol. The van der Waals surface area contributed by atoms with Crippen molar-refractivity contribution in [3.05, 3.63) is 28.8 Å². The smallest absolute Gasteiger partial charge is 0.291 e. The van der Waals surface area contributed by atoms with Crippen molar-refractivity contribution >= 4 is 46.8 Å². The molecule has 150 valence electrons. The van der Waals surface area contributed by atoms with Crippen LogP contribution in [0.3, 0.4) is 0 Å². The van der Waals surface area contributed by atoms with Crippen molar-refractivity contribution in [3.8, 4) is 0 Å². The van der Waals surface area contributed by atoms with Crippen molar-refractivity contribution < 1.29 is 19.7 Å². The van der Waals surface area contributed by atoms with Crippen molar-refractivity contribution in [2.45, 2.75) is 44.3 Å². The molecule has 0 aromatic heterocycles. The van der Waals surface area contributed by atoms with E-state index in [0.29, 0.717) is 17.1 Å². The topological polar surface area (TPSA) is 83.1 Å². The van der Waals surface area contributed by atoms with Gasteiger partial charge in [-0.3, -0.25) is 19.3 Å². The highest BCUT2D eigenvalue weighted by Gasteiger charge is 2.74. The van der Waals surface area contributed by atoms with Crippen LogP contribution < -0.4 is 10.6 Å². The molecule has 0 bridgehead atoms. The Morgan fingerprint density at radius 3 is 2.75 bits per heavy atom. The van der Waals surface area contributed by atoms with E-state index in [2.05, 4.69) is 5.32 Å². The Labute approximate surface area is 173 Å². The minimum absolute atomic E-state index is 0.112. The van der Waals surface area contributed by atoms with Crippen LogP contribution in [0.15, 0.2) is 18.2 Å². The molecule has 0 radical (unpaired) electrons. The number of likely N-dealkylation sites (tertiary alicyclic amines) is 1. The van der Waals surface area contributed by atoms with Crippen molar-refractivity contribution in [1.82, 2.24) is 4.90 Å². The third-order valence-electron chi connectivity index (χ3n) is 6.57. The molecule has 3 N–H and O–H groups in total. The molecule has 3 amide bonds. The lowest BCUT2D eigenvalue weighted by Crippen LogP contribution is -2.99. The van der Waals surface area contributed by atoms with E-state index in [1.54, 1.807) is 23.9 Å². The lowest BCUT2D eigenvalue weighted by molar-refractivity contribution is -0.733. The highest BCUT2D eigenvalue weighted by molar-refractivity contribution is 7.98. The Balaban J connectivity index is 1.86. The molecule has 0 aliphatic carbocycles. The van der Waals surface area contributed by atoms with Crippen molar-refractivity contribution in [2.75, 3.05) is 17.3 Å². The maximum atomic E-state index is 13.5. The fraction of sp³-hybridized carbons (Fsp3) is 0.550. The summed E-state index contributed by atoms with van der Waals surface area (Å²) in [5.74, 6) is -0.911. The van der Waals surface area contributed by atoms with E-state index in [1.165, 1.54) is 4.90 Å². The van der Waals surface area contributed by atoms with Crippen molar-refractivity contribution in [3.63, 3.8) is 0 Å². The van der Waals surface area contributed by atoms with Crippen LogP contribution in [0.5, 0.6) is 0 Å². The third-order valence-corrected chi connectivity index (χ3v) is 7.53. The lowest BCUT2D eigenvalue weighted by atomic mass is 9.76. The van der Waals surface area contributed by atoms with Crippen LogP contribution in [0.4, 0.5) is 5.69 Å². The summed E-state index contributed by atoms with van der Waals surface area (Å²) in [5, 5.41) is 5.32. The second kappa shape index (κ2) is 7.04. The minimum atomic E-state index is -1.12. The number of rotatable bonds is 5. The number of hydrogen-bond donors (Lipinski definition) is 2. The van der Waals surface area contributed by atoms with E-state index >= 15 is 0 Å². The maximum Gasteiger partial charge on any atom is 0.291 e. The van der Waals surface area contributed by atoms with Gasteiger partial charge in [0.2, 0.25) is 17.4 Å². The van der Waals surface area contributed by atoms with Crippen molar-refractivity contribution in [2.24, 2.45) is 11.8 Å². The quantitative estimate of drug-likeness (QED) is 0.706. The molecule has 2 saturated heterocycles. The van der Waals surface area contributed by atoms with Gasteiger partial charge in [-0.1, -0.05) is 24.6 Å². The van der Waals surface area contributed by atoms with Gasteiger partial charge in [0.05, 0.1) is 10.7 Å². The number of carbonyl (C=O) groups excluding carboxylic acids is 3. The van der Waals surface area contributed by atoms with Crippen LogP contribution in [-0.4, -0.2) is 46.7 Å². The molecule has 1 spiro atoms. The number of quaternary nitrogens is 1. The van der Waals surface area contributed by atoms with Gasteiger partial charge < -0.3 is 10.6 Å². The number of imide groups is 1. The Hall–Kier alpha value is -1.57. The number of nitrogens with two attached hydrogens (primary N) is 1. The zero-order valence-electron chi connectivity index (χ0n) is 16.2. The number of para-hydroxylation sites is 1. The zero-order chi connectivity index (χ0) is 20.2. The second-order valence-electron chi connectivity index (χ2n) is 7.90. The molecule has 0 unspecified atom stereocenters. The molecule has 5 atom stereocenters. The molecule has 4 rings (SSSR count). The van der Waals surface area contributed by atoms with E-state index in [9.17, 15) is 14.4 Å². The summed E-state index contributed by atoms with van der Waals surface area (Å²) in [5.41, 5.74) is 0.166. The van der Waals surface area contributed by atoms with Gasteiger partial charge in [0, 0.05) is 18.0 Å². The van der Waals surface area contributed by atoms with Gasteiger partial charge in [0.15, 0.2) is 0 Å². The lowest BCUT2D eigenvalue weighted by Gasteiger charge is -2.28. The van der Waals surface area contributed by atoms with Crippen LogP contribution in [0, 0.1) is 11.8 Å². The Bertz CT molecular complexity index is 863. The molecule has 1 aromatic carbocycles. The number of halogens is 1. The Kier molecular flexibility index (Phi) is 4.96. The predicted molar refractivity (Wildman–Crippen MR) is 109 cm³/mol. The number of nitrogens with zero attached hydrogens (tertiary/aromatic N) is 1. The van der Waals surface area contributed by atoms with Crippen LogP contribution >= 0.6 is 23.4 Å². The monoisotopic (exact) mass is 422 g/mol. The maximum absolute atomic E-state index is 13.5. The molecular formula is C20H25ClN3O3S+. The number of anilines is 1. The first-order valence-corrected chi connectivity index (χ1v) is 11.5. The normalized spacial score (nSPS) is 32.1. The molecule has 28 heavy (non-hydrogen) atoms. The summed E-state index contributed by atoms with van der Waals surface area (Å²) in [6.45, 7) is 3.85.